The molecule has 0 amide bonds. The van der Waals surface area contributed by atoms with Gasteiger partial charge in [-0.2, -0.15) is 0 Å². The average Bonchev–Trinajstić information content (AvgIpc) is 2.62. The highest BCUT2D eigenvalue weighted by atomic mass is 127. The maximum absolute atomic E-state index is 5.85. The van der Waals surface area contributed by atoms with E-state index in [0.717, 1.165) is 8.58 Å². The summed E-state index contributed by atoms with van der Waals surface area (Å²) >= 11 is 9.43. The number of rotatable bonds is 1. The lowest BCUT2D eigenvalue weighted by molar-refractivity contribution is 1.15. The quantitative estimate of drug-likeness (QED) is 0.598. The van der Waals surface area contributed by atoms with E-state index in [1.807, 2.05) is 5.38 Å². The van der Waals surface area contributed by atoms with Crippen LogP contribution >= 0.6 is 45.5 Å². The Kier molecular flexibility index (Phi) is 2.75. The molecule has 6 heteroatoms. The van der Waals surface area contributed by atoms with Crippen molar-refractivity contribution in [1.29, 1.82) is 0 Å². The van der Waals surface area contributed by atoms with E-state index >= 15 is 0 Å². The maximum atomic E-state index is 5.85. The second-order valence-corrected chi connectivity index (χ2v) is 4.58. The first-order chi connectivity index (χ1) is 6.27. The third kappa shape index (κ3) is 1.97. The molecule has 66 valence electrons. The normalized spacial score (nSPS) is 10.3. The molecule has 0 saturated carbocycles. The molecule has 0 unspecified atom stereocenters. The van der Waals surface area contributed by atoms with Crippen molar-refractivity contribution in [2.75, 3.05) is 0 Å². The van der Waals surface area contributed by atoms with Crippen molar-refractivity contribution in [1.82, 2.24) is 15.0 Å². The number of hydrogen-bond acceptors (Lipinski definition) is 4. The van der Waals surface area contributed by atoms with Gasteiger partial charge in [-0.3, -0.25) is 0 Å². The lowest BCUT2D eigenvalue weighted by Crippen LogP contribution is -1.90. The molecule has 2 heterocycles. The second kappa shape index (κ2) is 3.85. The molecular weight excluding hydrogens is 321 g/mol. The van der Waals surface area contributed by atoms with Crippen LogP contribution < -0.4 is 0 Å². The number of nitrogens with zero attached hydrogens (tertiary/aromatic N) is 3. The standard InChI is InChI=1S/C7H3ClIN3S/c8-5-4(9)3-11-6(12-5)7-10-1-2-13-7/h1-3H. The summed E-state index contributed by atoms with van der Waals surface area (Å²) in [4.78, 5) is 12.3. The molecule has 0 N–H and O–H groups in total. The highest BCUT2D eigenvalue weighted by Gasteiger charge is 2.06. The van der Waals surface area contributed by atoms with Gasteiger partial charge in [0.15, 0.2) is 10.8 Å². The van der Waals surface area contributed by atoms with Gasteiger partial charge in [-0.25, -0.2) is 15.0 Å². The minimum Gasteiger partial charge on any atom is -0.241 e. The Morgan fingerprint density at radius 2 is 2.23 bits per heavy atom. The van der Waals surface area contributed by atoms with Gasteiger partial charge in [0.2, 0.25) is 0 Å². The van der Waals surface area contributed by atoms with Gasteiger partial charge >= 0.3 is 0 Å². The van der Waals surface area contributed by atoms with Crippen molar-refractivity contribution in [3.8, 4) is 10.8 Å². The fourth-order valence-corrected chi connectivity index (χ4v) is 1.75. The predicted molar refractivity (Wildman–Crippen MR) is 60.9 cm³/mol. The van der Waals surface area contributed by atoms with Gasteiger partial charge in [-0.1, -0.05) is 11.6 Å². The molecule has 0 fully saturated rings. The molecule has 0 aromatic carbocycles. The Bertz CT molecular complexity index is 418. The summed E-state index contributed by atoms with van der Waals surface area (Å²) < 4.78 is 0.847. The van der Waals surface area contributed by atoms with Crippen molar-refractivity contribution in [2.24, 2.45) is 0 Å². The Morgan fingerprint density at radius 1 is 1.38 bits per heavy atom. The van der Waals surface area contributed by atoms with Gasteiger partial charge in [-0.15, -0.1) is 11.3 Å². The summed E-state index contributed by atoms with van der Waals surface area (Å²) in [7, 11) is 0. The molecule has 2 rings (SSSR count). The van der Waals surface area contributed by atoms with Crippen molar-refractivity contribution in [2.45, 2.75) is 0 Å². The number of hydrogen-bond donors (Lipinski definition) is 0. The van der Waals surface area contributed by atoms with E-state index < -0.39 is 0 Å². The lowest BCUT2D eigenvalue weighted by atomic mass is 10.6. The van der Waals surface area contributed by atoms with Crippen LogP contribution in [0.2, 0.25) is 5.15 Å². The topological polar surface area (TPSA) is 38.7 Å². The van der Waals surface area contributed by atoms with Crippen molar-refractivity contribution >= 4 is 45.5 Å². The molecule has 0 atom stereocenters. The molecule has 2 aromatic heterocycles. The first-order valence-corrected chi connectivity index (χ1v) is 5.69. The number of halogens is 2. The molecule has 0 aliphatic rings. The Morgan fingerprint density at radius 3 is 2.85 bits per heavy atom. The SMILES string of the molecule is Clc1nc(-c2nccs2)ncc1I. The first-order valence-electron chi connectivity index (χ1n) is 3.35. The van der Waals surface area contributed by atoms with E-state index in [-0.39, 0.29) is 0 Å². The maximum Gasteiger partial charge on any atom is 0.190 e. The van der Waals surface area contributed by atoms with Crippen LogP contribution in [0, 0.1) is 3.57 Å². The van der Waals surface area contributed by atoms with Crippen molar-refractivity contribution in [3.63, 3.8) is 0 Å². The molecule has 0 saturated heterocycles. The molecule has 0 bridgehead atoms. The summed E-state index contributed by atoms with van der Waals surface area (Å²) in [6, 6.07) is 0. The summed E-state index contributed by atoms with van der Waals surface area (Å²) in [5, 5.41) is 3.14. The Balaban J connectivity index is 2.49. The van der Waals surface area contributed by atoms with E-state index in [1.165, 1.54) is 11.3 Å². The molecule has 0 aliphatic heterocycles. The minimum absolute atomic E-state index is 0.473. The van der Waals surface area contributed by atoms with Gasteiger partial charge in [0, 0.05) is 17.8 Å². The van der Waals surface area contributed by atoms with Gasteiger partial charge in [0.1, 0.15) is 5.15 Å². The first kappa shape index (κ1) is 9.29. The largest absolute Gasteiger partial charge is 0.241 e. The highest BCUT2D eigenvalue weighted by molar-refractivity contribution is 14.1. The summed E-state index contributed by atoms with van der Waals surface area (Å²) in [5.41, 5.74) is 0. The van der Waals surface area contributed by atoms with E-state index in [0.29, 0.717) is 11.0 Å². The molecule has 13 heavy (non-hydrogen) atoms. The van der Waals surface area contributed by atoms with E-state index in [1.54, 1.807) is 12.4 Å². The average molecular weight is 324 g/mol. The van der Waals surface area contributed by atoms with Crippen LogP contribution in [0.3, 0.4) is 0 Å². The fourth-order valence-electron chi connectivity index (χ4n) is 0.783. The van der Waals surface area contributed by atoms with Gasteiger partial charge in [0.05, 0.1) is 3.57 Å². The van der Waals surface area contributed by atoms with Gasteiger partial charge in [0.25, 0.3) is 0 Å². The molecule has 0 aliphatic carbocycles. The fraction of sp³-hybridized carbons (Fsp3) is 0. The minimum atomic E-state index is 0.473. The van der Waals surface area contributed by atoms with Crippen molar-refractivity contribution in [3.05, 3.63) is 26.5 Å². The highest BCUT2D eigenvalue weighted by Crippen LogP contribution is 2.21. The summed E-state index contributed by atoms with van der Waals surface area (Å²) in [6.45, 7) is 0. The third-order valence-electron chi connectivity index (χ3n) is 1.32. The van der Waals surface area contributed by atoms with Crippen LogP contribution in [0.15, 0.2) is 17.8 Å². The molecule has 0 spiro atoms. The van der Waals surface area contributed by atoms with Crippen LogP contribution in [-0.4, -0.2) is 15.0 Å². The zero-order valence-electron chi connectivity index (χ0n) is 6.24. The molecule has 0 radical (unpaired) electrons. The van der Waals surface area contributed by atoms with E-state index in [9.17, 15) is 0 Å². The zero-order chi connectivity index (χ0) is 9.26. The molecule has 2 aromatic rings. The monoisotopic (exact) mass is 323 g/mol. The van der Waals surface area contributed by atoms with Crippen molar-refractivity contribution < 1.29 is 0 Å². The van der Waals surface area contributed by atoms with Gasteiger partial charge < -0.3 is 0 Å². The number of aromatic nitrogens is 3. The molecule has 3 nitrogen and oxygen atoms in total. The van der Waals surface area contributed by atoms with Gasteiger partial charge in [-0.05, 0) is 22.6 Å². The van der Waals surface area contributed by atoms with Crippen LogP contribution in [0.4, 0.5) is 0 Å². The molecular formula is C7H3ClIN3S. The Labute approximate surface area is 97.4 Å². The number of thiazole rings is 1. The lowest BCUT2D eigenvalue weighted by Gasteiger charge is -1.96. The van der Waals surface area contributed by atoms with Crippen LogP contribution in [-0.2, 0) is 0 Å². The second-order valence-electron chi connectivity index (χ2n) is 2.17. The smallest absolute Gasteiger partial charge is 0.190 e. The Hall–Kier alpha value is -0.270. The summed E-state index contributed by atoms with van der Waals surface area (Å²) in [6.07, 6.45) is 3.40. The summed E-state index contributed by atoms with van der Waals surface area (Å²) in [5.74, 6) is 0.584. The zero-order valence-corrected chi connectivity index (χ0v) is 9.97. The van der Waals surface area contributed by atoms with Crippen LogP contribution in [0.25, 0.3) is 10.8 Å². The van der Waals surface area contributed by atoms with E-state index in [4.69, 9.17) is 11.6 Å². The van der Waals surface area contributed by atoms with Crippen LogP contribution in [0.5, 0.6) is 0 Å². The third-order valence-corrected chi connectivity index (χ3v) is 3.49. The predicted octanol–water partition coefficient (Wildman–Crippen LogP) is 2.86. The van der Waals surface area contributed by atoms with E-state index in [2.05, 4.69) is 37.5 Å². The van der Waals surface area contributed by atoms with Crippen LogP contribution in [0.1, 0.15) is 0 Å².